The molecule has 0 aromatic carbocycles. The Labute approximate surface area is 62.9 Å². The van der Waals surface area contributed by atoms with Crippen molar-refractivity contribution in [1.82, 2.24) is 4.73 Å². The van der Waals surface area contributed by atoms with Crippen molar-refractivity contribution in [3.8, 4) is 0 Å². The van der Waals surface area contributed by atoms with Gasteiger partial charge in [-0.25, -0.2) is 4.73 Å². The molecule has 0 aromatic heterocycles. The van der Waals surface area contributed by atoms with Gasteiger partial charge >= 0.3 is 0 Å². The molecule has 0 aliphatic carbocycles. The Morgan fingerprint density at radius 1 is 1.50 bits per heavy atom. The second-order valence-corrected chi connectivity index (χ2v) is 4.63. The topological polar surface area (TPSA) is 23.5 Å². The normalized spacial score (nSPS) is 9.75. The van der Waals surface area contributed by atoms with Gasteiger partial charge in [-0.3, -0.25) is 0 Å². The summed E-state index contributed by atoms with van der Waals surface area (Å²) in [5.74, 6) is 0. The fraction of sp³-hybridized carbons (Fsp3) is 1.00. The molecule has 0 atom stereocenters. The first-order chi connectivity index (χ1) is 3.18. The Kier molecular flexibility index (Phi) is 8.20. The van der Waals surface area contributed by atoms with E-state index in [1.165, 1.54) is 4.73 Å². The molecule has 0 fully saturated rings. The van der Waals surface area contributed by atoms with E-state index in [1.54, 1.807) is 0 Å². The fourth-order valence-electron chi connectivity index (χ4n) is 0.365. The molecule has 0 unspecified atom stereocenters. The summed E-state index contributed by atoms with van der Waals surface area (Å²) in [6, 6.07) is 0. The summed E-state index contributed by atoms with van der Waals surface area (Å²) in [5, 5.41) is 8.83. The van der Waals surface area contributed by atoms with Crippen LogP contribution in [0.15, 0.2) is 0 Å². The van der Waals surface area contributed by atoms with Gasteiger partial charge in [0.1, 0.15) is 8.96 Å². The van der Waals surface area contributed by atoms with Crippen LogP contribution in [-0.2, 0) is 0 Å². The fourth-order valence-corrected chi connectivity index (χ4v) is 1.10. The smallest absolute Gasteiger partial charge is 0.138 e. The average molecular weight is 200 g/mol. The number of hydroxylamine groups is 1. The summed E-state index contributed by atoms with van der Waals surface area (Å²) >= 11 is 0. The van der Waals surface area contributed by atoms with E-state index >= 15 is 0 Å². The van der Waals surface area contributed by atoms with Gasteiger partial charge < -0.3 is 5.21 Å². The standard InChI is InChI=1S/C4H13NOSi.BrH/c1-4-5(6)7(2)3;/h6-7H,4H2,1-3H3;1H. The number of halogens is 1. The lowest BCUT2D eigenvalue weighted by molar-refractivity contribution is 0.000760. The lowest BCUT2D eigenvalue weighted by Crippen LogP contribution is -2.30. The zero-order chi connectivity index (χ0) is 5.86. The van der Waals surface area contributed by atoms with Gasteiger partial charge in [0.15, 0.2) is 0 Å². The van der Waals surface area contributed by atoms with E-state index in [0.29, 0.717) is 0 Å². The zero-order valence-electron chi connectivity index (χ0n) is 5.59. The molecule has 1 N–H and O–H groups in total. The molecule has 0 aliphatic rings. The van der Waals surface area contributed by atoms with Crippen molar-refractivity contribution in [2.45, 2.75) is 20.0 Å². The van der Waals surface area contributed by atoms with Crippen LogP contribution in [0, 0.1) is 0 Å². The Morgan fingerprint density at radius 2 is 1.88 bits per heavy atom. The Hall–Kier alpha value is 0.617. The maximum Gasteiger partial charge on any atom is 0.138 e. The van der Waals surface area contributed by atoms with Gasteiger partial charge in [0.2, 0.25) is 0 Å². The van der Waals surface area contributed by atoms with E-state index in [2.05, 4.69) is 13.1 Å². The average Bonchev–Trinajstić information content (AvgIpc) is 1.65. The molecule has 0 aliphatic heterocycles. The van der Waals surface area contributed by atoms with Crippen molar-refractivity contribution in [3.63, 3.8) is 0 Å². The van der Waals surface area contributed by atoms with Crippen LogP contribution in [0.3, 0.4) is 0 Å². The van der Waals surface area contributed by atoms with Gasteiger partial charge in [-0.1, -0.05) is 20.0 Å². The van der Waals surface area contributed by atoms with Crippen molar-refractivity contribution in [2.75, 3.05) is 6.54 Å². The molecule has 0 saturated carbocycles. The summed E-state index contributed by atoms with van der Waals surface area (Å²) in [5.41, 5.74) is 0. The third kappa shape index (κ3) is 4.77. The third-order valence-corrected chi connectivity index (χ3v) is 2.48. The second kappa shape index (κ2) is 5.75. The molecule has 8 heavy (non-hydrogen) atoms. The van der Waals surface area contributed by atoms with E-state index in [0.717, 1.165) is 6.54 Å². The van der Waals surface area contributed by atoms with Crippen molar-refractivity contribution in [3.05, 3.63) is 0 Å². The van der Waals surface area contributed by atoms with Crippen LogP contribution in [0.1, 0.15) is 6.92 Å². The van der Waals surface area contributed by atoms with Gasteiger partial charge in [-0.2, -0.15) is 0 Å². The van der Waals surface area contributed by atoms with E-state index in [1.807, 2.05) is 6.92 Å². The van der Waals surface area contributed by atoms with Crippen molar-refractivity contribution >= 4 is 25.9 Å². The molecule has 0 rings (SSSR count). The van der Waals surface area contributed by atoms with Gasteiger partial charge in [0, 0.05) is 6.54 Å². The molecular formula is C4H14BrNOSi. The maximum absolute atomic E-state index is 8.83. The van der Waals surface area contributed by atoms with E-state index in [-0.39, 0.29) is 17.0 Å². The minimum Gasteiger partial charge on any atom is -0.322 e. The molecule has 0 heterocycles. The lowest BCUT2D eigenvalue weighted by Gasteiger charge is -2.13. The van der Waals surface area contributed by atoms with Crippen molar-refractivity contribution < 1.29 is 5.21 Å². The zero-order valence-corrected chi connectivity index (χ0v) is 8.45. The number of nitrogens with zero attached hydrogens (tertiary/aromatic N) is 1. The van der Waals surface area contributed by atoms with Crippen LogP contribution in [0.5, 0.6) is 0 Å². The van der Waals surface area contributed by atoms with Crippen molar-refractivity contribution in [1.29, 1.82) is 0 Å². The minimum atomic E-state index is -0.876. The highest BCUT2D eigenvalue weighted by Crippen LogP contribution is 1.85. The summed E-state index contributed by atoms with van der Waals surface area (Å²) in [6.45, 7) is 6.89. The summed E-state index contributed by atoms with van der Waals surface area (Å²) in [6.07, 6.45) is 0. The van der Waals surface area contributed by atoms with Crippen LogP contribution in [-0.4, -0.2) is 25.4 Å². The predicted molar refractivity (Wildman–Crippen MR) is 43.4 cm³/mol. The SMILES string of the molecule is Br.CCN(O)[SiH](C)C. The lowest BCUT2D eigenvalue weighted by atomic mass is 10.8. The molecule has 0 radical (unpaired) electrons. The van der Waals surface area contributed by atoms with E-state index < -0.39 is 8.96 Å². The summed E-state index contributed by atoms with van der Waals surface area (Å²) in [4.78, 5) is 0. The van der Waals surface area contributed by atoms with Gasteiger partial charge in [-0.05, 0) is 0 Å². The Morgan fingerprint density at radius 3 is 1.88 bits per heavy atom. The molecule has 0 bridgehead atoms. The monoisotopic (exact) mass is 199 g/mol. The molecule has 0 spiro atoms. The third-order valence-electron chi connectivity index (χ3n) is 0.920. The molecular weight excluding hydrogens is 186 g/mol. The van der Waals surface area contributed by atoms with Gasteiger partial charge in [-0.15, -0.1) is 17.0 Å². The first-order valence-electron chi connectivity index (χ1n) is 2.64. The number of hydrogen-bond acceptors (Lipinski definition) is 2. The highest BCUT2D eigenvalue weighted by Gasteiger charge is 2.00. The highest BCUT2D eigenvalue weighted by atomic mass is 79.9. The van der Waals surface area contributed by atoms with Crippen LogP contribution in [0.2, 0.25) is 13.1 Å². The molecule has 0 amide bonds. The Balaban J connectivity index is 0. The Bertz CT molecular complexity index is 53.3. The quantitative estimate of drug-likeness (QED) is 0.535. The van der Waals surface area contributed by atoms with Crippen LogP contribution >= 0.6 is 17.0 Å². The number of hydrogen-bond donors (Lipinski definition) is 1. The molecule has 2 nitrogen and oxygen atoms in total. The first kappa shape index (κ1) is 11.4. The summed E-state index contributed by atoms with van der Waals surface area (Å²) in [7, 11) is -0.876. The highest BCUT2D eigenvalue weighted by molar-refractivity contribution is 8.93. The maximum atomic E-state index is 8.83. The van der Waals surface area contributed by atoms with Gasteiger partial charge in [0.25, 0.3) is 0 Å². The van der Waals surface area contributed by atoms with Crippen LogP contribution in [0.25, 0.3) is 0 Å². The largest absolute Gasteiger partial charge is 0.322 e. The van der Waals surface area contributed by atoms with E-state index in [9.17, 15) is 0 Å². The molecule has 4 heteroatoms. The second-order valence-electron chi connectivity index (χ2n) is 1.85. The minimum absolute atomic E-state index is 0. The summed E-state index contributed by atoms with van der Waals surface area (Å²) < 4.78 is 1.43. The molecule has 0 aromatic rings. The van der Waals surface area contributed by atoms with Crippen molar-refractivity contribution in [2.24, 2.45) is 0 Å². The number of rotatable bonds is 2. The predicted octanol–water partition coefficient (Wildman–Crippen LogP) is 1.26. The molecule has 52 valence electrons. The van der Waals surface area contributed by atoms with Crippen LogP contribution < -0.4 is 0 Å². The first-order valence-corrected chi connectivity index (χ1v) is 5.46. The van der Waals surface area contributed by atoms with Crippen LogP contribution in [0.4, 0.5) is 0 Å². The van der Waals surface area contributed by atoms with Gasteiger partial charge in [0.05, 0.1) is 0 Å². The van der Waals surface area contributed by atoms with E-state index in [4.69, 9.17) is 5.21 Å². The molecule has 0 saturated heterocycles.